The summed E-state index contributed by atoms with van der Waals surface area (Å²) in [6, 6.07) is 3.91. The zero-order valence-electron chi connectivity index (χ0n) is 20.8. The number of halogens is 7. The van der Waals surface area contributed by atoms with Gasteiger partial charge < -0.3 is 25.3 Å². The number of pyridine rings is 1. The quantitative estimate of drug-likeness (QED) is 0.397. The highest BCUT2D eigenvalue weighted by Gasteiger charge is 2.35. The van der Waals surface area contributed by atoms with Crippen molar-refractivity contribution in [1.29, 1.82) is 0 Å². The molecule has 2 amide bonds. The summed E-state index contributed by atoms with van der Waals surface area (Å²) >= 11 is 0. The highest BCUT2D eigenvalue weighted by Crippen LogP contribution is 2.40. The van der Waals surface area contributed by atoms with E-state index in [1.165, 1.54) is 0 Å². The number of ether oxygens (including phenoxy) is 3. The van der Waals surface area contributed by atoms with Crippen molar-refractivity contribution < 1.29 is 58.6 Å². The number of nitrogens with two attached hydrogens (primary N) is 1. The Bertz CT molecular complexity index is 1450. The molecule has 3 N–H and O–H groups in total. The first-order valence-corrected chi connectivity index (χ1v) is 9.57. The zero-order valence-corrected chi connectivity index (χ0v) is 17.8. The molecular weight excluding hydrogens is 519 g/mol. The predicted octanol–water partition coefficient (Wildman–Crippen LogP) is 5.29. The molecule has 1 aromatic heterocycles. The third-order valence-corrected chi connectivity index (χ3v) is 4.36. The van der Waals surface area contributed by atoms with Crippen molar-refractivity contribution in [2.24, 2.45) is 5.73 Å². The molecule has 196 valence electrons. The Morgan fingerprint density at radius 1 is 1.00 bits per heavy atom. The van der Waals surface area contributed by atoms with Crippen LogP contribution in [0, 0.1) is 5.82 Å². The molecule has 0 saturated heterocycles. The Morgan fingerprint density at radius 3 is 2.35 bits per heavy atom. The van der Waals surface area contributed by atoms with E-state index in [1.54, 1.807) is 0 Å². The molecule has 0 aliphatic heterocycles. The molecule has 37 heavy (non-hydrogen) atoms. The summed E-state index contributed by atoms with van der Waals surface area (Å²) in [7, 11) is -3.30. The number of hydrogen-bond acceptors (Lipinski definition) is 6. The lowest BCUT2D eigenvalue weighted by Crippen LogP contribution is -2.18. The molecule has 0 aliphatic rings. The summed E-state index contributed by atoms with van der Waals surface area (Å²) < 4.78 is 128. The van der Waals surface area contributed by atoms with Crippen LogP contribution in [0.2, 0.25) is 0 Å². The Morgan fingerprint density at radius 2 is 1.73 bits per heavy atom. The molecule has 0 fully saturated rings. The Balaban J connectivity index is 2.11. The van der Waals surface area contributed by atoms with Gasteiger partial charge in [-0.15, -0.1) is 13.2 Å². The van der Waals surface area contributed by atoms with Crippen LogP contribution in [0.1, 0.15) is 30.5 Å². The van der Waals surface area contributed by atoms with Gasteiger partial charge in [0.2, 0.25) is 0 Å². The summed E-state index contributed by atoms with van der Waals surface area (Å²) in [5, 5.41) is 2.11. The molecule has 0 spiro atoms. The largest absolute Gasteiger partial charge is 0.573 e. The van der Waals surface area contributed by atoms with Crippen molar-refractivity contribution in [3.63, 3.8) is 0 Å². The van der Waals surface area contributed by atoms with E-state index in [0.717, 1.165) is 18.3 Å². The lowest BCUT2D eigenvalue weighted by molar-refractivity contribution is -0.274. The van der Waals surface area contributed by atoms with Gasteiger partial charge >= 0.3 is 12.5 Å². The summed E-state index contributed by atoms with van der Waals surface area (Å²) in [6.07, 6.45) is -9.33. The molecule has 8 nitrogen and oxygen atoms in total. The maximum atomic E-state index is 14.9. The van der Waals surface area contributed by atoms with Crippen molar-refractivity contribution in [2.75, 3.05) is 12.4 Å². The number of nitrogens with zero attached hydrogens (tertiary/aromatic N) is 1. The number of alkyl halides is 6. The number of nitrogens with one attached hydrogen (secondary N) is 1. The van der Waals surface area contributed by atoms with Gasteiger partial charge in [0.1, 0.15) is 28.6 Å². The standard InChI is InChI=1S/C22H14F7N3O5/c1-35-16-9-12(37-22(27,28)29)2-3-15(16)36-17-7-10(21(24,25)26)6-13(23)18(17)20(34)32-11-4-5-31-14(8-11)19(30)33/h2-9H,1H3,(H2,30,33)(H,31,32,34)/i1D3. The number of hydrogen-bond donors (Lipinski definition) is 2. The molecule has 0 saturated carbocycles. The van der Waals surface area contributed by atoms with Gasteiger partial charge in [-0.2, -0.15) is 13.2 Å². The molecule has 3 aromatic rings. The Kier molecular flexibility index (Phi) is 6.31. The fourth-order valence-corrected chi connectivity index (χ4v) is 2.85. The van der Waals surface area contributed by atoms with Gasteiger partial charge in [0.15, 0.2) is 11.5 Å². The first kappa shape index (κ1) is 22.9. The third-order valence-electron chi connectivity index (χ3n) is 4.36. The first-order valence-electron chi connectivity index (χ1n) is 11.1. The van der Waals surface area contributed by atoms with Gasteiger partial charge in [0, 0.05) is 18.0 Å². The van der Waals surface area contributed by atoms with Crippen LogP contribution in [-0.4, -0.2) is 30.2 Å². The van der Waals surface area contributed by atoms with E-state index in [9.17, 15) is 40.3 Å². The van der Waals surface area contributed by atoms with E-state index in [4.69, 9.17) is 14.6 Å². The summed E-state index contributed by atoms with van der Waals surface area (Å²) in [6.45, 7) is 0. The SMILES string of the molecule is [2H]C([2H])([2H])Oc1cc(OC(F)(F)F)ccc1Oc1cc(C(F)(F)F)cc(F)c1C(=O)Nc1ccnc(C(N)=O)c1. The third kappa shape index (κ3) is 6.77. The smallest absolute Gasteiger partial charge is 0.493 e. The molecule has 0 atom stereocenters. The molecule has 0 aliphatic carbocycles. The van der Waals surface area contributed by atoms with Crippen LogP contribution in [0.25, 0.3) is 0 Å². The van der Waals surface area contributed by atoms with Crippen LogP contribution >= 0.6 is 0 Å². The lowest BCUT2D eigenvalue weighted by Gasteiger charge is -2.17. The highest BCUT2D eigenvalue weighted by atomic mass is 19.4. The predicted molar refractivity (Wildman–Crippen MR) is 112 cm³/mol. The van der Waals surface area contributed by atoms with Gasteiger partial charge in [0.05, 0.1) is 16.7 Å². The summed E-state index contributed by atoms with van der Waals surface area (Å²) in [5.41, 5.74) is 1.82. The summed E-state index contributed by atoms with van der Waals surface area (Å²) in [4.78, 5) is 27.8. The molecule has 1 heterocycles. The topological polar surface area (TPSA) is 113 Å². The van der Waals surface area contributed by atoms with E-state index in [1.807, 2.05) is 0 Å². The van der Waals surface area contributed by atoms with E-state index >= 15 is 0 Å². The number of primary amides is 1. The number of methoxy groups -OCH3 is 1. The average molecular weight is 536 g/mol. The van der Waals surface area contributed by atoms with Crippen molar-refractivity contribution >= 4 is 17.5 Å². The number of benzene rings is 2. The number of anilines is 1. The number of carbonyl (C=O) groups excluding carboxylic acids is 2. The number of rotatable bonds is 7. The van der Waals surface area contributed by atoms with Crippen LogP contribution in [0.5, 0.6) is 23.0 Å². The second kappa shape index (κ2) is 10.2. The van der Waals surface area contributed by atoms with E-state index < -0.39 is 71.3 Å². The van der Waals surface area contributed by atoms with Crippen molar-refractivity contribution in [3.05, 3.63) is 71.3 Å². The van der Waals surface area contributed by atoms with Crippen molar-refractivity contribution in [3.8, 4) is 23.0 Å². The first-order chi connectivity index (χ1) is 18.3. The molecule has 15 heteroatoms. The lowest BCUT2D eigenvalue weighted by atomic mass is 10.1. The summed E-state index contributed by atoms with van der Waals surface area (Å²) in [5.74, 6) is -8.07. The van der Waals surface area contributed by atoms with Crippen LogP contribution in [0.3, 0.4) is 0 Å². The number of aromatic nitrogens is 1. The van der Waals surface area contributed by atoms with Crippen LogP contribution in [-0.2, 0) is 6.18 Å². The van der Waals surface area contributed by atoms with Crippen LogP contribution in [0.4, 0.5) is 36.4 Å². The number of carbonyl (C=O) groups is 2. The maximum absolute atomic E-state index is 14.9. The molecule has 0 radical (unpaired) electrons. The molecule has 0 bridgehead atoms. The molecule has 0 unspecified atom stereocenters. The normalized spacial score (nSPS) is 13.1. The maximum Gasteiger partial charge on any atom is 0.573 e. The van der Waals surface area contributed by atoms with E-state index in [0.29, 0.717) is 18.2 Å². The van der Waals surface area contributed by atoms with Crippen LogP contribution < -0.4 is 25.3 Å². The Labute approximate surface area is 207 Å². The van der Waals surface area contributed by atoms with Gasteiger partial charge in [-0.1, -0.05) is 0 Å². The van der Waals surface area contributed by atoms with Crippen LogP contribution in [0.15, 0.2) is 48.7 Å². The minimum Gasteiger partial charge on any atom is -0.493 e. The van der Waals surface area contributed by atoms with Crippen molar-refractivity contribution in [2.45, 2.75) is 12.5 Å². The van der Waals surface area contributed by atoms with Crippen molar-refractivity contribution in [1.82, 2.24) is 4.98 Å². The minimum atomic E-state index is -5.21. The average Bonchev–Trinajstić information content (AvgIpc) is 2.78. The fourth-order valence-electron chi connectivity index (χ4n) is 2.85. The van der Waals surface area contributed by atoms with Gasteiger partial charge in [0.25, 0.3) is 11.8 Å². The second-order valence-corrected chi connectivity index (χ2v) is 6.94. The van der Waals surface area contributed by atoms with E-state index in [-0.39, 0.29) is 23.5 Å². The van der Waals surface area contributed by atoms with E-state index in [2.05, 4.69) is 19.8 Å². The highest BCUT2D eigenvalue weighted by molar-refractivity contribution is 6.07. The Hall–Kier alpha value is -4.56. The van der Waals surface area contributed by atoms with Gasteiger partial charge in [-0.3, -0.25) is 14.6 Å². The minimum absolute atomic E-state index is 0.0245. The zero-order chi connectivity index (χ0) is 30.0. The molecular formula is C22H14F7N3O5. The van der Waals surface area contributed by atoms with Gasteiger partial charge in [-0.05, 0) is 36.4 Å². The number of amides is 2. The fraction of sp³-hybridized carbons (Fsp3) is 0.136. The van der Waals surface area contributed by atoms with Gasteiger partial charge in [-0.25, -0.2) is 4.39 Å². The molecule has 2 aromatic carbocycles. The monoisotopic (exact) mass is 536 g/mol. The second-order valence-electron chi connectivity index (χ2n) is 6.94. The molecule has 3 rings (SSSR count).